The van der Waals surface area contributed by atoms with E-state index in [0.29, 0.717) is 0 Å². The largest absolute Gasteiger partial charge is 0.358 e. The Morgan fingerprint density at radius 3 is 2.30 bits per heavy atom. The summed E-state index contributed by atoms with van der Waals surface area (Å²) in [7, 11) is 0. The molecule has 0 N–H and O–H groups in total. The molecule has 0 atom stereocenters. The van der Waals surface area contributed by atoms with Crippen molar-refractivity contribution in [2.45, 2.75) is 32.1 Å². The van der Waals surface area contributed by atoms with Gasteiger partial charge in [-0.3, -0.25) is 0 Å². The third-order valence-corrected chi connectivity index (χ3v) is 4.60. The van der Waals surface area contributed by atoms with Crippen LogP contribution >= 0.6 is 0 Å². The molecular formula is C22H25Hf-3. The molecule has 0 aromatic heterocycles. The Balaban J connectivity index is 0.000000882. The normalized spacial score (nSPS) is 12.0. The Labute approximate surface area is 160 Å². The third-order valence-electron chi connectivity index (χ3n) is 4.60. The van der Waals surface area contributed by atoms with Gasteiger partial charge in [-0.15, -0.1) is 34.5 Å². The van der Waals surface area contributed by atoms with Crippen molar-refractivity contribution in [2.75, 3.05) is 0 Å². The average Bonchev–Trinajstić information content (AvgIpc) is 3.10. The van der Waals surface area contributed by atoms with Gasteiger partial charge in [-0.25, -0.2) is 0 Å². The topological polar surface area (TPSA) is 0 Å². The van der Waals surface area contributed by atoms with Crippen LogP contribution in [0.1, 0.15) is 28.7 Å². The molecule has 120 valence electrons. The first-order valence-electron chi connectivity index (χ1n) is 7.64. The van der Waals surface area contributed by atoms with Crippen molar-refractivity contribution in [1.29, 1.82) is 0 Å². The minimum Gasteiger partial charge on any atom is -0.358 e. The van der Waals surface area contributed by atoms with Gasteiger partial charge < -0.3 is 14.9 Å². The van der Waals surface area contributed by atoms with E-state index in [1.165, 1.54) is 41.2 Å². The van der Waals surface area contributed by atoms with Crippen molar-refractivity contribution in [3.05, 3.63) is 91.7 Å². The Morgan fingerprint density at radius 1 is 0.870 bits per heavy atom. The van der Waals surface area contributed by atoms with Crippen molar-refractivity contribution >= 4 is 10.8 Å². The number of benzene rings is 2. The molecule has 0 heterocycles. The first-order valence-corrected chi connectivity index (χ1v) is 7.64. The molecule has 0 saturated carbocycles. The molecule has 0 spiro atoms. The van der Waals surface area contributed by atoms with E-state index in [9.17, 15) is 0 Å². The van der Waals surface area contributed by atoms with E-state index in [1.54, 1.807) is 11.1 Å². The predicted octanol–water partition coefficient (Wildman–Crippen LogP) is 5.73. The summed E-state index contributed by atoms with van der Waals surface area (Å²) in [5.41, 5.74) is 6.11. The number of aryl methyl sites for hydroxylation is 4. The van der Waals surface area contributed by atoms with Crippen LogP contribution in [0.5, 0.6) is 0 Å². The summed E-state index contributed by atoms with van der Waals surface area (Å²) in [6.07, 6.45) is 6.16. The monoisotopic (exact) mass is 469 g/mol. The van der Waals surface area contributed by atoms with Crippen LogP contribution in [0.15, 0.2) is 54.6 Å². The first-order chi connectivity index (χ1) is 9.90. The van der Waals surface area contributed by atoms with Crippen LogP contribution in [0.25, 0.3) is 10.8 Å². The number of hydrogen-bond acceptors (Lipinski definition) is 0. The van der Waals surface area contributed by atoms with E-state index in [0.717, 1.165) is 12.8 Å². The van der Waals surface area contributed by atoms with Crippen LogP contribution in [-0.2, 0) is 51.5 Å². The molecule has 0 aliphatic heterocycles. The Hall–Kier alpha value is -1.08. The van der Waals surface area contributed by atoms with Crippen molar-refractivity contribution in [2.24, 2.45) is 0 Å². The average molecular weight is 468 g/mol. The van der Waals surface area contributed by atoms with Gasteiger partial charge in [-0.05, 0) is 31.2 Å². The fourth-order valence-corrected chi connectivity index (χ4v) is 3.48. The molecule has 0 saturated heterocycles. The Bertz CT molecular complexity index is 737. The Kier molecular flexibility index (Phi) is 7.54. The molecule has 0 nitrogen and oxygen atoms in total. The molecule has 4 rings (SSSR count). The molecule has 1 aliphatic carbocycles. The zero-order valence-corrected chi connectivity index (χ0v) is 17.8. The molecule has 23 heavy (non-hydrogen) atoms. The maximum atomic E-state index is 2.46. The van der Waals surface area contributed by atoms with Gasteiger partial charge in [0.1, 0.15) is 0 Å². The maximum Gasteiger partial charge on any atom is 0 e. The third kappa shape index (κ3) is 4.07. The van der Waals surface area contributed by atoms with E-state index in [2.05, 4.69) is 54.6 Å². The summed E-state index contributed by atoms with van der Waals surface area (Å²) in [5.74, 6) is 0. The van der Waals surface area contributed by atoms with Gasteiger partial charge in [0.05, 0.1) is 0 Å². The van der Waals surface area contributed by atoms with Crippen LogP contribution in [-0.4, -0.2) is 0 Å². The zero-order valence-electron chi connectivity index (χ0n) is 14.2. The van der Waals surface area contributed by atoms with E-state index in [4.69, 9.17) is 0 Å². The second-order valence-electron chi connectivity index (χ2n) is 5.91. The number of hydrogen-bond donors (Lipinski definition) is 0. The van der Waals surface area contributed by atoms with E-state index in [1.807, 2.05) is 0 Å². The fraction of sp³-hybridized carbons (Fsp3) is 0.227. The van der Waals surface area contributed by atoms with Crippen LogP contribution in [0.4, 0.5) is 0 Å². The summed E-state index contributed by atoms with van der Waals surface area (Å²) < 4.78 is 0. The molecule has 3 aromatic carbocycles. The second kappa shape index (κ2) is 8.68. The van der Waals surface area contributed by atoms with Crippen molar-refractivity contribution in [3.8, 4) is 0 Å². The maximum absolute atomic E-state index is 2.46. The summed E-state index contributed by atoms with van der Waals surface area (Å²) in [4.78, 5) is 0. The SMILES string of the molecule is [CH3-].[CH3-].[Hf].c1ccc(CC[c-]2ccc3cc4c(cc32)CCC4)cc1. The second-order valence-corrected chi connectivity index (χ2v) is 5.91. The first kappa shape index (κ1) is 20.0. The van der Waals surface area contributed by atoms with Gasteiger partial charge in [-0.2, -0.15) is 6.07 Å². The summed E-state index contributed by atoms with van der Waals surface area (Å²) in [5, 5.41) is 2.93. The molecular weight excluding hydrogens is 443 g/mol. The van der Waals surface area contributed by atoms with Crippen LogP contribution in [0.3, 0.4) is 0 Å². The zero-order chi connectivity index (χ0) is 13.4. The van der Waals surface area contributed by atoms with E-state index >= 15 is 0 Å². The van der Waals surface area contributed by atoms with Crippen molar-refractivity contribution in [1.82, 2.24) is 0 Å². The van der Waals surface area contributed by atoms with Gasteiger partial charge in [-0.1, -0.05) is 47.9 Å². The molecule has 0 bridgehead atoms. The van der Waals surface area contributed by atoms with Crippen LogP contribution < -0.4 is 0 Å². The number of fused-ring (bicyclic) bond motifs is 2. The summed E-state index contributed by atoms with van der Waals surface area (Å²) in [6, 6.07) is 20.3. The summed E-state index contributed by atoms with van der Waals surface area (Å²) in [6.45, 7) is 0. The standard InChI is InChI=1S/C20H19.2CH3.Hf/c1-2-5-15(6-3-1)9-10-16-11-12-19-13-17-7-4-8-18(17)14-20(16)19;;;/h1-3,5-6,11-14H,4,7-10H2;2*1H3;/q3*-1;. The minimum atomic E-state index is 0. The van der Waals surface area contributed by atoms with Gasteiger partial charge in [0.25, 0.3) is 0 Å². The molecule has 1 aliphatic rings. The molecule has 0 unspecified atom stereocenters. The Morgan fingerprint density at radius 2 is 1.57 bits per heavy atom. The van der Waals surface area contributed by atoms with Crippen molar-refractivity contribution in [3.63, 3.8) is 0 Å². The minimum absolute atomic E-state index is 0. The van der Waals surface area contributed by atoms with Gasteiger partial charge >= 0.3 is 0 Å². The predicted molar refractivity (Wildman–Crippen MR) is 98.2 cm³/mol. The smallest absolute Gasteiger partial charge is 0 e. The molecule has 0 radical (unpaired) electrons. The molecule has 1 heteroatoms. The quantitative estimate of drug-likeness (QED) is 0.341. The summed E-state index contributed by atoms with van der Waals surface area (Å²) >= 11 is 0. The molecule has 0 fully saturated rings. The molecule has 0 amide bonds. The van der Waals surface area contributed by atoms with E-state index < -0.39 is 0 Å². The van der Waals surface area contributed by atoms with Gasteiger partial charge in [0, 0.05) is 25.8 Å². The van der Waals surface area contributed by atoms with Gasteiger partial charge in [0.2, 0.25) is 0 Å². The molecule has 3 aromatic rings. The van der Waals surface area contributed by atoms with Crippen LogP contribution in [0.2, 0.25) is 0 Å². The number of rotatable bonds is 3. The van der Waals surface area contributed by atoms with E-state index in [-0.39, 0.29) is 40.7 Å². The van der Waals surface area contributed by atoms with Gasteiger partial charge in [0.15, 0.2) is 0 Å². The van der Waals surface area contributed by atoms with Crippen molar-refractivity contribution < 1.29 is 25.8 Å². The van der Waals surface area contributed by atoms with Crippen LogP contribution in [0, 0.1) is 14.9 Å². The fourth-order valence-electron chi connectivity index (χ4n) is 3.48.